The summed E-state index contributed by atoms with van der Waals surface area (Å²) in [5, 5.41) is 12.8. The number of nitrogens with zero attached hydrogens (tertiary/aromatic N) is 2. The van der Waals surface area contributed by atoms with Gasteiger partial charge in [-0.15, -0.1) is 0 Å². The van der Waals surface area contributed by atoms with Crippen LogP contribution in [0.3, 0.4) is 0 Å². The number of ether oxygens (including phenoxy) is 3. The highest BCUT2D eigenvalue weighted by molar-refractivity contribution is 5.83. The van der Waals surface area contributed by atoms with E-state index in [9.17, 15) is 10.1 Å². The number of carbonyl (C=O) groups is 1. The summed E-state index contributed by atoms with van der Waals surface area (Å²) in [6.45, 7) is 3.54. The Morgan fingerprint density at radius 1 is 1.35 bits per heavy atom. The predicted octanol–water partition coefficient (Wildman–Crippen LogP) is 2.45. The van der Waals surface area contributed by atoms with E-state index in [0.717, 1.165) is 10.9 Å². The molecule has 0 aliphatic carbocycles. The molecule has 26 heavy (non-hydrogen) atoms. The molecule has 0 spiro atoms. The van der Waals surface area contributed by atoms with Gasteiger partial charge in [0.05, 0.1) is 31.5 Å². The summed E-state index contributed by atoms with van der Waals surface area (Å²) in [6.07, 6.45) is 1.37. The molecule has 0 saturated carbocycles. The number of nitriles is 1. The van der Waals surface area contributed by atoms with Crippen molar-refractivity contribution in [2.45, 2.75) is 31.9 Å². The molecule has 0 saturated heterocycles. The molecule has 2 atom stereocenters. The van der Waals surface area contributed by atoms with Crippen molar-refractivity contribution in [2.24, 2.45) is 0 Å². The van der Waals surface area contributed by atoms with Gasteiger partial charge in [-0.05, 0) is 37.6 Å². The Balaban J connectivity index is 2.17. The van der Waals surface area contributed by atoms with Gasteiger partial charge in [-0.25, -0.2) is 0 Å². The van der Waals surface area contributed by atoms with E-state index in [-0.39, 0.29) is 12.5 Å². The van der Waals surface area contributed by atoms with Crippen LogP contribution >= 0.6 is 0 Å². The molecule has 2 aromatic rings. The van der Waals surface area contributed by atoms with Crippen LogP contribution in [0, 0.1) is 11.3 Å². The molecule has 7 nitrogen and oxygen atoms in total. The minimum absolute atomic E-state index is 0.0904. The summed E-state index contributed by atoms with van der Waals surface area (Å²) in [4.78, 5) is 16.8. The topological polar surface area (TPSA) is 93.5 Å². The number of benzene rings is 1. The van der Waals surface area contributed by atoms with Gasteiger partial charge in [0.25, 0.3) is 5.91 Å². The second-order valence-electron chi connectivity index (χ2n) is 6.11. The Labute approximate surface area is 152 Å². The van der Waals surface area contributed by atoms with Crippen LogP contribution in [0.2, 0.25) is 0 Å². The Kier molecular flexibility index (Phi) is 6.36. The maximum absolute atomic E-state index is 12.5. The van der Waals surface area contributed by atoms with Gasteiger partial charge in [0, 0.05) is 12.5 Å². The van der Waals surface area contributed by atoms with Crippen molar-refractivity contribution in [3.8, 4) is 17.6 Å². The third-order valence-electron chi connectivity index (χ3n) is 3.88. The summed E-state index contributed by atoms with van der Waals surface area (Å²) in [7, 11) is 3.06. The first-order valence-electron chi connectivity index (χ1n) is 8.27. The minimum atomic E-state index is -1.11. The number of fused-ring (bicyclic) bond motifs is 1. The number of amides is 1. The number of rotatable bonds is 8. The number of aromatic nitrogens is 1. The maximum atomic E-state index is 12.5. The molecule has 0 aliphatic heterocycles. The van der Waals surface area contributed by atoms with Crippen molar-refractivity contribution < 1.29 is 19.0 Å². The van der Waals surface area contributed by atoms with Gasteiger partial charge in [-0.1, -0.05) is 6.92 Å². The van der Waals surface area contributed by atoms with Crippen molar-refractivity contribution in [1.29, 1.82) is 5.26 Å². The van der Waals surface area contributed by atoms with E-state index in [4.69, 9.17) is 14.2 Å². The molecule has 1 amide bonds. The first kappa shape index (κ1) is 19.5. The van der Waals surface area contributed by atoms with Crippen molar-refractivity contribution in [1.82, 2.24) is 10.3 Å². The molecule has 0 bridgehead atoms. The fourth-order valence-corrected chi connectivity index (χ4v) is 2.50. The molecular formula is C19H23N3O4. The second kappa shape index (κ2) is 8.50. The Morgan fingerprint density at radius 3 is 2.69 bits per heavy atom. The zero-order chi connectivity index (χ0) is 19.2. The molecule has 138 valence electrons. The van der Waals surface area contributed by atoms with Crippen LogP contribution in [0.25, 0.3) is 10.9 Å². The van der Waals surface area contributed by atoms with Crippen molar-refractivity contribution in [3.05, 3.63) is 30.5 Å². The molecule has 1 heterocycles. The third-order valence-corrected chi connectivity index (χ3v) is 3.88. The maximum Gasteiger partial charge on any atom is 0.262 e. The third kappa shape index (κ3) is 4.61. The summed E-state index contributed by atoms with van der Waals surface area (Å²) < 4.78 is 16.0. The summed E-state index contributed by atoms with van der Waals surface area (Å²) in [6, 6.07) is 9.29. The minimum Gasteiger partial charge on any atom is -0.495 e. The number of methoxy groups -OCH3 is 2. The lowest BCUT2D eigenvalue weighted by Gasteiger charge is -2.25. The lowest BCUT2D eigenvalue weighted by atomic mass is 10.1. The van der Waals surface area contributed by atoms with E-state index in [1.54, 1.807) is 32.4 Å². The fourth-order valence-electron chi connectivity index (χ4n) is 2.50. The molecule has 2 unspecified atom stereocenters. The summed E-state index contributed by atoms with van der Waals surface area (Å²) in [5.74, 6) is 0.821. The monoisotopic (exact) mass is 357 g/mol. The average Bonchev–Trinajstić information content (AvgIpc) is 2.65. The standard InChI is InChI=1S/C19H23N3O4/c1-5-17(18(23)22-19(2,11-20)12-24-3)26-14-6-7-16-13(8-14)9-15(25-4)10-21-16/h6-10,17H,5,12H2,1-4H3,(H,22,23). The van der Waals surface area contributed by atoms with E-state index in [1.807, 2.05) is 19.1 Å². The quantitative estimate of drug-likeness (QED) is 0.780. The number of nitrogens with one attached hydrogen (secondary N) is 1. The zero-order valence-corrected chi connectivity index (χ0v) is 15.4. The highest BCUT2D eigenvalue weighted by Crippen LogP contribution is 2.24. The summed E-state index contributed by atoms with van der Waals surface area (Å²) >= 11 is 0. The normalized spacial score (nSPS) is 14.1. The van der Waals surface area contributed by atoms with E-state index < -0.39 is 11.6 Å². The lowest BCUT2D eigenvalue weighted by molar-refractivity contribution is -0.129. The van der Waals surface area contributed by atoms with E-state index in [2.05, 4.69) is 16.4 Å². The molecule has 0 aliphatic rings. The predicted molar refractivity (Wildman–Crippen MR) is 97.0 cm³/mol. The molecule has 0 fully saturated rings. The van der Waals surface area contributed by atoms with Crippen LogP contribution in [0.15, 0.2) is 30.5 Å². The Bertz CT molecular complexity index is 818. The SMILES string of the molecule is CCC(Oc1ccc2ncc(OC)cc2c1)C(=O)NC(C)(C#N)COC. The molecule has 7 heteroatoms. The van der Waals surface area contributed by atoms with Crippen LogP contribution in [0.5, 0.6) is 11.5 Å². The smallest absolute Gasteiger partial charge is 0.262 e. The van der Waals surface area contributed by atoms with Gasteiger partial charge in [0.2, 0.25) is 0 Å². The molecule has 0 radical (unpaired) electrons. The van der Waals surface area contributed by atoms with Crippen LogP contribution in [-0.2, 0) is 9.53 Å². The van der Waals surface area contributed by atoms with Gasteiger partial charge in [0.1, 0.15) is 17.0 Å². The Hall–Kier alpha value is -2.85. The molecule has 2 rings (SSSR count). The lowest BCUT2D eigenvalue weighted by Crippen LogP contribution is -2.52. The second-order valence-corrected chi connectivity index (χ2v) is 6.11. The number of pyridine rings is 1. The van der Waals surface area contributed by atoms with Gasteiger partial charge in [0.15, 0.2) is 6.10 Å². The van der Waals surface area contributed by atoms with Crippen LogP contribution in [-0.4, -0.2) is 43.4 Å². The van der Waals surface area contributed by atoms with Gasteiger partial charge in [-0.3, -0.25) is 9.78 Å². The van der Waals surface area contributed by atoms with Gasteiger partial charge < -0.3 is 19.5 Å². The van der Waals surface area contributed by atoms with Gasteiger partial charge >= 0.3 is 0 Å². The average molecular weight is 357 g/mol. The first-order chi connectivity index (χ1) is 12.4. The summed E-state index contributed by atoms with van der Waals surface area (Å²) in [5.41, 5.74) is -0.309. The van der Waals surface area contributed by atoms with Crippen molar-refractivity contribution in [3.63, 3.8) is 0 Å². The van der Waals surface area contributed by atoms with Crippen LogP contribution in [0.1, 0.15) is 20.3 Å². The molecule has 1 N–H and O–H groups in total. The fraction of sp³-hybridized carbons (Fsp3) is 0.421. The van der Waals surface area contributed by atoms with E-state index in [0.29, 0.717) is 17.9 Å². The largest absolute Gasteiger partial charge is 0.495 e. The number of hydrogen-bond donors (Lipinski definition) is 1. The zero-order valence-electron chi connectivity index (χ0n) is 15.4. The van der Waals surface area contributed by atoms with Crippen molar-refractivity contribution in [2.75, 3.05) is 20.8 Å². The van der Waals surface area contributed by atoms with Crippen LogP contribution in [0.4, 0.5) is 0 Å². The van der Waals surface area contributed by atoms with Gasteiger partial charge in [-0.2, -0.15) is 5.26 Å². The highest BCUT2D eigenvalue weighted by Gasteiger charge is 2.30. The molecule has 1 aromatic carbocycles. The van der Waals surface area contributed by atoms with E-state index in [1.165, 1.54) is 7.11 Å². The first-order valence-corrected chi connectivity index (χ1v) is 8.27. The van der Waals surface area contributed by atoms with E-state index >= 15 is 0 Å². The molecule has 1 aromatic heterocycles. The number of hydrogen-bond acceptors (Lipinski definition) is 6. The Morgan fingerprint density at radius 2 is 2.08 bits per heavy atom. The van der Waals surface area contributed by atoms with Crippen LogP contribution < -0.4 is 14.8 Å². The van der Waals surface area contributed by atoms with Crippen molar-refractivity contribution >= 4 is 16.8 Å². The molecular weight excluding hydrogens is 334 g/mol. The highest BCUT2D eigenvalue weighted by atomic mass is 16.5. The number of carbonyl (C=O) groups excluding carboxylic acids is 1.